The molecular formula is C9H4ClF3O3. The van der Waals surface area contributed by atoms with E-state index in [0.29, 0.717) is 6.29 Å². The molecule has 7 heteroatoms. The molecule has 0 radical (unpaired) electrons. The molecule has 3 nitrogen and oxygen atoms in total. The van der Waals surface area contributed by atoms with Gasteiger partial charge in [-0.25, -0.2) is 0 Å². The van der Waals surface area contributed by atoms with Crippen LogP contribution in [0.5, 0.6) is 5.75 Å². The molecule has 1 rings (SSSR count). The molecule has 0 saturated heterocycles. The molecule has 0 aliphatic heterocycles. The number of rotatable bonds is 3. The lowest BCUT2D eigenvalue weighted by molar-refractivity contribution is -0.274. The summed E-state index contributed by atoms with van der Waals surface area (Å²) in [5.41, 5.74) is -0.484. The maximum absolute atomic E-state index is 11.9. The van der Waals surface area contributed by atoms with E-state index in [2.05, 4.69) is 4.74 Å². The number of carbonyl (C=O) groups is 2. The highest BCUT2D eigenvalue weighted by atomic mass is 35.5. The maximum atomic E-state index is 11.9. The normalized spacial score (nSPS) is 11.0. The van der Waals surface area contributed by atoms with Gasteiger partial charge in [0.05, 0.1) is 10.6 Å². The number of aldehydes is 2. The molecular weight excluding hydrogens is 249 g/mol. The van der Waals surface area contributed by atoms with E-state index < -0.39 is 17.7 Å². The number of ether oxygens (including phenoxy) is 1. The molecule has 1 aromatic rings. The van der Waals surface area contributed by atoms with Crippen molar-refractivity contribution >= 4 is 24.2 Å². The van der Waals surface area contributed by atoms with Gasteiger partial charge in [-0.05, 0) is 6.07 Å². The van der Waals surface area contributed by atoms with Crippen LogP contribution in [0.15, 0.2) is 12.1 Å². The second kappa shape index (κ2) is 4.52. The van der Waals surface area contributed by atoms with Crippen molar-refractivity contribution in [3.63, 3.8) is 0 Å². The van der Waals surface area contributed by atoms with Crippen LogP contribution in [0, 0.1) is 0 Å². The number of alkyl halides is 3. The van der Waals surface area contributed by atoms with E-state index in [-0.39, 0.29) is 16.9 Å². The quantitative estimate of drug-likeness (QED) is 0.777. The Morgan fingerprint density at radius 2 is 1.69 bits per heavy atom. The highest BCUT2D eigenvalue weighted by molar-refractivity contribution is 6.33. The van der Waals surface area contributed by atoms with Gasteiger partial charge in [-0.1, -0.05) is 11.6 Å². The van der Waals surface area contributed by atoms with Gasteiger partial charge in [0.15, 0.2) is 12.6 Å². The van der Waals surface area contributed by atoms with Crippen LogP contribution in [0.4, 0.5) is 13.2 Å². The van der Waals surface area contributed by atoms with Crippen LogP contribution in [0.1, 0.15) is 20.7 Å². The number of halogens is 4. The summed E-state index contributed by atoms with van der Waals surface area (Å²) in [4.78, 5) is 20.9. The molecule has 0 spiro atoms. The van der Waals surface area contributed by atoms with Gasteiger partial charge in [-0.2, -0.15) is 0 Å². The highest BCUT2D eigenvalue weighted by Gasteiger charge is 2.32. The van der Waals surface area contributed by atoms with Crippen LogP contribution in [-0.2, 0) is 0 Å². The van der Waals surface area contributed by atoms with Crippen LogP contribution in [0.3, 0.4) is 0 Å². The molecule has 0 N–H and O–H groups in total. The lowest BCUT2D eigenvalue weighted by atomic mass is 10.1. The van der Waals surface area contributed by atoms with Gasteiger partial charge in [0, 0.05) is 11.6 Å². The van der Waals surface area contributed by atoms with E-state index in [4.69, 9.17) is 11.6 Å². The Bertz CT molecular complexity index is 429. The molecule has 0 bridgehead atoms. The average Bonchev–Trinajstić information content (AvgIpc) is 2.16. The van der Waals surface area contributed by atoms with Gasteiger partial charge in [0.1, 0.15) is 5.75 Å². The fraction of sp³-hybridized carbons (Fsp3) is 0.111. The van der Waals surface area contributed by atoms with Crippen molar-refractivity contribution in [1.29, 1.82) is 0 Å². The minimum atomic E-state index is -4.93. The molecule has 0 aliphatic carbocycles. The van der Waals surface area contributed by atoms with Gasteiger partial charge < -0.3 is 4.74 Å². The van der Waals surface area contributed by atoms with Crippen molar-refractivity contribution in [3.05, 3.63) is 28.3 Å². The number of benzene rings is 1. The molecule has 0 aliphatic rings. The Morgan fingerprint density at radius 3 is 2.12 bits per heavy atom. The Kier molecular flexibility index (Phi) is 3.54. The molecule has 0 saturated carbocycles. The first-order valence-electron chi connectivity index (χ1n) is 3.87. The molecule has 86 valence electrons. The monoisotopic (exact) mass is 252 g/mol. The zero-order valence-electron chi connectivity index (χ0n) is 7.55. The predicted octanol–water partition coefficient (Wildman–Crippen LogP) is 2.86. The van der Waals surface area contributed by atoms with E-state index in [0.717, 1.165) is 12.1 Å². The van der Waals surface area contributed by atoms with Crippen LogP contribution in [0.2, 0.25) is 5.02 Å². The van der Waals surface area contributed by atoms with E-state index in [1.165, 1.54) is 0 Å². The molecule has 0 aromatic heterocycles. The summed E-state index contributed by atoms with van der Waals surface area (Å²) >= 11 is 5.49. The van der Waals surface area contributed by atoms with Crippen LogP contribution < -0.4 is 4.74 Å². The summed E-state index contributed by atoms with van der Waals surface area (Å²) in [6, 6.07) is 1.69. The fourth-order valence-electron chi connectivity index (χ4n) is 0.985. The first-order chi connectivity index (χ1) is 7.37. The Balaban J connectivity index is 3.23. The second-order valence-corrected chi connectivity index (χ2v) is 3.10. The standard InChI is InChI=1S/C9H4ClF3O3/c10-7-2-8(16-9(11,12)13)6(4-15)1-5(7)3-14/h1-4H. The number of hydrogen-bond acceptors (Lipinski definition) is 3. The summed E-state index contributed by atoms with van der Waals surface area (Å²) in [5, 5.41) is -0.222. The maximum Gasteiger partial charge on any atom is 0.573 e. The lowest BCUT2D eigenvalue weighted by Gasteiger charge is -2.11. The molecule has 0 fully saturated rings. The molecule has 0 amide bonds. The SMILES string of the molecule is O=Cc1cc(C=O)c(OC(F)(F)F)cc1Cl. The van der Waals surface area contributed by atoms with E-state index in [1.807, 2.05) is 0 Å². The zero-order chi connectivity index (χ0) is 12.3. The van der Waals surface area contributed by atoms with Crippen molar-refractivity contribution in [3.8, 4) is 5.75 Å². The van der Waals surface area contributed by atoms with Crippen LogP contribution in [-0.4, -0.2) is 18.9 Å². The molecule has 0 unspecified atom stereocenters. The third kappa shape index (κ3) is 2.96. The Hall–Kier alpha value is -1.56. The van der Waals surface area contributed by atoms with Crippen LogP contribution >= 0.6 is 11.6 Å². The zero-order valence-corrected chi connectivity index (χ0v) is 8.30. The summed E-state index contributed by atoms with van der Waals surface area (Å²) < 4.78 is 39.3. The van der Waals surface area contributed by atoms with E-state index >= 15 is 0 Å². The number of carbonyl (C=O) groups excluding carboxylic acids is 2. The molecule has 0 atom stereocenters. The van der Waals surface area contributed by atoms with Crippen molar-refractivity contribution < 1.29 is 27.5 Å². The van der Waals surface area contributed by atoms with Gasteiger partial charge in [0.25, 0.3) is 0 Å². The minimum absolute atomic E-state index is 0.0849. The molecule has 16 heavy (non-hydrogen) atoms. The minimum Gasteiger partial charge on any atom is -0.405 e. The summed E-state index contributed by atoms with van der Waals surface area (Å²) in [7, 11) is 0. The molecule has 1 aromatic carbocycles. The first kappa shape index (κ1) is 12.5. The van der Waals surface area contributed by atoms with Crippen molar-refractivity contribution in [2.45, 2.75) is 6.36 Å². The van der Waals surface area contributed by atoms with Gasteiger partial charge in [-0.15, -0.1) is 13.2 Å². The predicted molar refractivity (Wildman–Crippen MR) is 48.9 cm³/mol. The van der Waals surface area contributed by atoms with Gasteiger partial charge in [0.2, 0.25) is 0 Å². The largest absolute Gasteiger partial charge is 0.573 e. The van der Waals surface area contributed by atoms with Gasteiger partial charge in [-0.3, -0.25) is 9.59 Å². The topological polar surface area (TPSA) is 43.4 Å². The first-order valence-corrected chi connectivity index (χ1v) is 4.25. The van der Waals surface area contributed by atoms with Crippen LogP contribution in [0.25, 0.3) is 0 Å². The second-order valence-electron chi connectivity index (χ2n) is 2.70. The van der Waals surface area contributed by atoms with Crippen molar-refractivity contribution in [1.82, 2.24) is 0 Å². The van der Waals surface area contributed by atoms with E-state index in [9.17, 15) is 22.8 Å². The Labute approximate surface area is 92.8 Å². The summed E-state index contributed by atoms with van der Waals surface area (Å²) in [6.07, 6.45) is -4.46. The average molecular weight is 253 g/mol. The Morgan fingerprint density at radius 1 is 1.12 bits per heavy atom. The van der Waals surface area contributed by atoms with Crippen molar-refractivity contribution in [2.75, 3.05) is 0 Å². The summed E-state index contributed by atoms with van der Waals surface area (Å²) in [5.74, 6) is -0.738. The third-order valence-electron chi connectivity index (χ3n) is 1.61. The van der Waals surface area contributed by atoms with E-state index in [1.54, 1.807) is 0 Å². The smallest absolute Gasteiger partial charge is 0.405 e. The summed E-state index contributed by atoms with van der Waals surface area (Å²) in [6.45, 7) is 0. The van der Waals surface area contributed by atoms with Crippen molar-refractivity contribution in [2.24, 2.45) is 0 Å². The lowest BCUT2D eigenvalue weighted by Crippen LogP contribution is -2.18. The highest BCUT2D eigenvalue weighted by Crippen LogP contribution is 2.30. The third-order valence-corrected chi connectivity index (χ3v) is 1.94. The van der Waals surface area contributed by atoms with Gasteiger partial charge >= 0.3 is 6.36 Å². The fourth-order valence-corrected chi connectivity index (χ4v) is 1.18. The number of hydrogen-bond donors (Lipinski definition) is 0. The molecule has 0 heterocycles.